The van der Waals surface area contributed by atoms with Crippen LogP contribution in [0.25, 0.3) is 0 Å². The minimum Gasteiger partial charge on any atom is -0.383 e. The van der Waals surface area contributed by atoms with Gasteiger partial charge in [0.05, 0.1) is 6.61 Å². The number of nitrogens with one attached hydrogen (secondary N) is 1. The van der Waals surface area contributed by atoms with Gasteiger partial charge in [0.25, 0.3) is 0 Å². The van der Waals surface area contributed by atoms with Crippen LogP contribution < -0.4 is 11.1 Å². The standard InChI is InChI=1S/C12H20N2O/c1-15-10-9-14-12-6-4-11(5-7-12)3-2-8-13/h4-7,14H,2-3,8-10,13H2,1H3. The molecule has 0 saturated carbocycles. The summed E-state index contributed by atoms with van der Waals surface area (Å²) in [5, 5.41) is 3.28. The Labute approximate surface area is 91.6 Å². The fraction of sp³-hybridized carbons (Fsp3) is 0.500. The van der Waals surface area contributed by atoms with Gasteiger partial charge in [-0.15, -0.1) is 0 Å². The van der Waals surface area contributed by atoms with Crippen molar-refractivity contribution in [2.75, 3.05) is 32.1 Å². The van der Waals surface area contributed by atoms with E-state index in [0.29, 0.717) is 0 Å². The highest BCUT2D eigenvalue weighted by Gasteiger charge is 1.93. The second-order valence-electron chi connectivity index (χ2n) is 3.51. The lowest BCUT2D eigenvalue weighted by Gasteiger charge is -2.06. The highest BCUT2D eigenvalue weighted by molar-refractivity contribution is 5.44. The molecule has 3 nitrogen and oxygen atoms in total. The summed E-state index contributed by atoms with van der Waals surface area (Å²) in [6.45, 7) is 2.33. The Morgan fingerprint density at radius 1 is 1.27 bits per heavy atom. The van der Waals surface area contributed by atoms with Gasteiger partial charge in [-0.1, -0.05) is 12.1 Å². The SMILES string of the molecule is COCCNc1ccc(CCCN)cc1. The van der Waals surface area contributed by atoms with E-state index in [1.807, 2.05) is 0 Å². The second kappa shape index (κ2) is 7.26. The lowest BCUT2D eigenvalue weighted by molar-refractivity contribution is 0.211. The van der Waals surface area contributed by atoms with Crippen LogP contribution >= 0.6 is 0 Å². The summed E-state index contributed by atoms with van der Waals surface area (Å²) in [7, 11) is 1.71. The molecule has 0 saturated heterocycles. The third-order valence-electron chi connectivity index (χ3n) is 2.26. The molecule has 3 heteroatoms. The molecule has 0 spiro atoms. The number of hydrogen-bond donors (Lipinski definition) is 2. The molecule has 0 radical (unpaired) electrons. The third kappa shape index (κ3) is 4.81. The molecule has 1 aromatic rings. The van der Waals surface area contributed by atoms with Crippen molar-refractivity contribution in [3.8, 4) is 0 Å². The van der Waals surface area contributed by atoms with E-state index in [4.69, 9.17) is 10.5 Å². The summed E-state index contributed by atoms with van der Waals surface area (Å²) >= 11 is 0. The van der Waals surface area contributed by atoms with Crippen molar-refractivity contribution in [2.45, 2.75) is 12.8 Å². The van der Waals surface area contributed by atoms with Crippen LogP contribution in [0, 0.1) is 0 Å². The molecule has 15 heavy (non-hydrogen) atoms. The van der Waals surface area contributed by atoms with E-state index in [2.05, 4.69) is 29.6 Å². The van der Waals surface area contributed by atoms with Crippen molar-refractivity contribution in [2.24, 2.45) is 5.73 Å². The zero-order valence-corrected chi connectivity index (χ0v) is 9.33. The molecular formula is C12H20N2O. The van der Waals surface area contributed by atoms with Gasteiger partial charge >= 0.3 is 0 Å². The average molecular weight is 208 g/mol. The van der Waals surface area contributed by atoms with Gasteiger partial charge < -0.3 is 15.8 Å². The summed E-state index contributed by atoms with van der Waals surface area (Å²) in [5.41, 5.74) is 7.95. The van der Waals surface area contributed by atoms with Crippen molar-refractivity contribution >= 4 is 5.69 Å². The van der Waals surface area contributed by atoms with Gasteiger partial charge in [0.15, 0.2) is 0 Å². The monoisotopic (exact) mass is 208 g/mol. The molecule has 0 aromatic heterocycles. The molecule has 84 valence electrons. The Morgan fingerprint density at radius 3 is 2.60 bits per heavy atom. The quantitative estimate of drug-likeness (QED) is 0.670. The van der Waals surface area contributed by atoms with Gasteiger partial charge in [-0.3, -0.25) is 0 Å². The molecule has 0 atom stereocenters. The number of rotatable bonds is 7. The summed E-state index contributed by atoms with van der Waals surface area (Å²) in [5.74, 6) is 0. The first-order chi connectivity index (χ1) is 7.36. The van der Waals surface area contributed by atoms with E-state index >= 15 is 0 Å². The summed E-state index contributed by atoms with van der Waals surface area (Å²) in [6.07, 6.45) is 2.12. The lowest BCUT2D eigenvalue weighted by atomic mass is 10.1. The molecule has 0 unspecified atom stereocenters. The average Bonchev–Trinajstić information content (AvgIpc) is 2.28. The highest BCUT2D eigenvalue weighted by atomic mass is 16.5. The van der Waals surface area contributed by atoms with E-state index in [1.165, 1.54) is 5.56 Å². The lowest BCUT2D eigenvalue weighted by Crippen LogP contribution is -2.07. The van der Waals surface area contributed by atoms with Gasteiger partial charge in [-0.05, 0) is 37.1 Å². The number of benzene rings is 1. The van der Waals surface area contributed by atoms with Gasteiger partial charge in [-0.25, -0.2) is 0 Å². The molecule has 3 N–H and O–H groups in total. The van der Waals surface area contributed by atoms with Gasteiger partial charge in [0.2, 0.25) is 0 Å². The van der Waals surface area contributed by atoms with Crippen LogP contribution in [0.1, 0.15) is 12.0 Å². The molecule has 0 aliphatic carbocycles. The van der Waals surface area contributed by atoms with Crippen molar-refractivity contribution in [3.05, 3.63) is 29.8 Å². The van der Waals surface area contributed by atoms with Crippen LogP contribution in [0.2, 0.25) is 0 Å². The predicted molar refractivity (Wildman–Crippen MR) is 64.2 cm³/mol. The normalized spacial score (nSPS) is 10.3. The Bertz CT molecular complexity index is 259. The Hall–Kier alpha value is -1.06. The van der Waals surface area contributed by atoms with Crippen LogP contribution in [-0.4, -0.2) is 26.8 Å². The number of anilines is 1. The topological polar surface area (TPSA) is 47.3 Å². The minimum atomic E-state index is 0.731. The maximum Gasteiger partial charge on any atom is 0.0635 e. The van der Waals surface area contributed by atoms with Crippen molar-refractivity contribution in [1.29, 1.82) is 0 Å². The predicted octanol–water partition coefficient (Wildman–Crippen LogP) is 1.64. The molecule has 0 aliphatic rings. The van der Waals surface area contributed by atoms with E-state index in [0.717, 1.165) is 38.2 Å². The second-order valence-corrected chi connectivity index (χ2v) is 3.51. The summed E-state index contributed by atoms with van der Waals surface area (Å²) < 4.78 is 4.96. The molecule has 0 bridgehead atoms. The number of ether oxygens (including phenoxy) is 1. The van der Waals surface area contributed by atoms with E-state index in [9.17, 15) is 0 Å². The number of nitrogens with two attached hydrogens (primary N) is 1. The van der Waals surface area contributed by atoms with Crippen molar-refractivity contribution < 1.29 is 4.74 Å². The first-order valence-corrected chi connectivity index (χ1v) is 5.38. The van der Waals surface area contributed by atoms with Crippen LogP contribution in [0.15, 0.2) is 24.3 Å². The number of hydrogen-bond acceptors (Lipinski definition) is 3. The number of methoxy groups -OCH3 is 1. The van der Waals surface area contributed by atoms with Crippen LogP contribution in [-0.2, 0) is 11.2 Å². The van der Waals surface area contributed by atoms with E-state index in [-0.39, 0.29) is 0 Å². The van der Waals surface area contributed by atoms with E-state index in [1.54, 1.807) is 7.11 Å². The van der Waals surface area contributed by atoms with Crippen LogP contribution in [0.5, 0.6) is 0 Å². The fourth-order valence-corrected chi connectivity index (χ4v) is 1.39. The molecule has 1 aromatic carbocycles. The number of aryl methyl sites for hydroxylation is 1. The highest BCUT2D eigenvalue weighted by Crippen LogP contribution is 2.10. The summed E-state index contributed by atoms with van der Waals surface area (Å²) in [6, 6.07) is 8.48. The molecular weight excluding hydrogens is 188 g/mol. The molecule has 0 aliphatic heterocycles. The molecule has 0 heterocycles. The van der Waals surface area contributed by atoms with Crippen molar-refractivity contribution in [3.63, 3.8) is 0 Å². The third-order valence-corrected chi connectivity index (χ3v) is 2.26. The smallest absolute Gasteiger partial charge is 0.0635 e. The minimum absolute atomic E-state index is 0.731. The van der Waals surface area contributed by atoms with Crippen molar-refractivity contribution in [1.82, 2.24) is 0 Å². The largest absolute Gasteiger partial charge is 0.383 e. The van der Waals surface area contributed by atoms with Crippen LogP contribution in [0.3, 0.4) is 0 Å². The Balaban J connectivity index is 2.35. The van der Waals surface area contributed by atoms with Gasteiger partial charge in [-0.2, -0.15) is 0 Å². The zero-order chi connectivity index (χ0) is 10.9. The first kappa shape index (κ1) is 12.0. The summed E-state index contributed by atoms with van der Waals surface area (Å²) in [4.78, 5) is 0. The molecule has 0 fully saturated rings. The first-order valence-electron chi connectivity index (χ1n) is 5.38. The van der Waals surface area contributed by atoms with Gasteiger partial charge in [0.1, 0.15) is 0 Å². The maximum absolute atomic E-state index is 5.46. The Morgan fingerprint density at radius 2 is 2.00 bits per heavy atom. The molecule has 1 rings (SSSR count). The maximum atomic E-state index is 5.46. The Kier molecular flexibility index (Phi) is 5.81. The van der Waals surface area contributed by atoms with Gasteiger partial charge in [0, 0.05) is 19.3 Å². The van der Waals surface area contributed by atoms with Crippen LogP contribution in [0.4, 0.5) is 5.69 Å². The molecule has 0 amide bonds. The fourth-order valence-electron chi connectivity index (χ4n) is 1.39. The zero-order valence-electron chi connectivity index (χ0n) is 9.33. The van der Waals surface area contributed by atoms with E-state index < -0.39 is 0 Å².